The highest BCUT2D eigenvalue weighted by atomic mass is 16.5. The number of hydrogen-bond acceptors (Lipinski definition) is 4. The van der Waals surface area contributed by atoms with Crippen molar-refractivity contribution in [2.45, 2.75) is 25.3 Å². The van der Waals surface area contributed by atoms with Gasteiger partial charge in [-0.2, -0.15) is 5.26 Å². The van der Waals surface area contributed by atoms with Crippen LogP contribution in [0.1, 0.15) is 24.8 Å². The van der Waals surface area contributed by atoms with Crippen LogP contribution < -0.4 is 15.4 Å². The van der Waals surface area contributed by atoms with Crippen molar-refractivity contribution < 1.29 is 9.53 Å². The highest BCUT2D eigenvalue weighted by Crippen LogP contribution is 2.25. The normalized spacial score (nSPS) is 13.7. The molecule has 100 valence electrons. The molecule has 1 aromatic rings. The van der Waals surface area contributed by atoms with Gasteiger partial charge in [0, 0.05) is 25.1 Å². The number of rotatable bonds is 6. The zero-order chi connectivity index (χ0) is 13.7. The maximum absolute atomic E-state index is 11.8. The first-order valence-corrected chi connectivity index (χ1v) is 6.34. The van der Waals surface area contributed by atoms with E-state index in [2.05, 4.69) is 10.6 Å². The second-order valence-electron chi connectivity index (χ2n) is 4.55. The van der Waals surface area contributed by atoms with Gasteiger partial charge in [0.05, 0.1) is 24.4 Å². The summed E-state index contributed by atoms with van der Waals surface area (Å²) in [5.74, 6) is 0.443. The Morgan fingerprint density at radius 1 is 1.53 bits per heavy atom. The third-order valence-electron chi connectivity index (χ3n) is 2.97. The summed E-state index contributed by atoms with van der Waals surface area (Å²) in [4.78, 5) is 11.8. The highest BCUT2D eigenvalue weighted by molar-refractivity contribution is 5.92. The van der Waals surface area contributed by atoms with E-state index in [9.17, 15) is 4.79 Å². The Labute approximate surface area is 112 Å². The van der Waals surface area contributed by atoms with E-state index in [0.29, 0.717) is 36.0 Å². The maximum Gasteiger partial charge on any atom is 0.225 e. The van der Waals surface area contributed by atoms with Gasteiger partial charge in [0.2, 0.25) is 5.91 Å². The van der Waals surface area contributed by atoms with Crippen LogP contribution in [-0.2, 0) is 4.79 Å². The molecule has 5 heteroatoms. The summed E-state index contributed by atoms with van der Waals surface area (Å²) in [5, 5.41) is 14.9. The van der Waals surface area contributed by atoms with Crippen molar-refractivity contribution in [1.29, 1.82) is 5.26 Å². The predicted octanol–water partition coefficient (Wildman–Crippen LogP) is 1.65. The van der Waals surface area contributed by atoms with Gasteiger partial charge in [-0.1, -0.05) is 0 Å². The van der Waals surface area contributed by atoms with Crippen LogP contribution >= 0.6 is 0 Å². The van der Waals surface area contributed by atoms with E-state index in [1.807, 2.05) is 6.07 Å². The highest BCUT2D eigenvalue weighted by Gasteiger charge is 2.20. The monoisotopic (exact) mass is 259 g/mol. The van der Waals surface area contributed by atoms with E-state index in [0.717, 1.165) is 0 Å². The summed E-state index contributed by atoms with van der Waals surface area (Å²) in [6.07, 6.45) is 2.86. The maximum atomic E-state index is 11.8. The molecule has 1 fully saturated rings. The van der Waals surface area contributed by atoms with Gasteiger partial charge < -0.3 is 15.4 Å². The van der Waals surface area contributed by atoms with Crippen molar-refractivity contribution in [3.05, 3.63) is 23.8 Å². The molecule has 2 N–H and O–H groups in total. The SMILES string of the molecule is COc1cc(C#N)ccc1NC(=O)CCNC1CC1. The zero-order valence-electron chi connectivity index (χ0n) is 10.9. The van der Waals surface area contributed by atoms with E-state index in [1.165, 1.54) is 20.0 Å². The second-order valence-corrected chi connectivity index (χ2v) is 4.55. The minimum atomic E-state index is -0.0591. The molecular weight excluding hydrogens is 242 g/mol. The lowest BCUT2D eigenvalue weighted by molar-refractivity contribution is -0.116. The molecule has 1 aliphatic carbocycles. The molecule has 0 aliphatic heterocycles. The van der Waals surface area contributed by atoms with Crippen molar-refractivity contribution in [3.8, 4) is 11.8 Å². The van der Waals surface area contributed by atoms with Crippen molar-refractivity contribution in [2.75, 3.05) is 19.0 Å². The lowest BCUT2D eigenvalue weighted by Crippen LogP contribution is -2.23. The largest absolute Gasteiger partial charge is 0.495 e. The smallest absolute Gasteiger partial charge is 0.225 e. The Kier molecular flexibility index (Phi) is 4.37. The van der Waals surface area contributed by atoms with Gasteiger partial charge in [0.25, 0.3) is 0 Å². The van der Waals surface area contributed by atoms with Crippen LogP contribution in [0.3, 0.4) is 0 Å². The molecule has 0 bridgehead atoms. The first-order chi connectivity index (χ1) is 9.22. The summed E-state index contributed by atoms with van der Waals surface area (Å²) in [6, 6.07) is 7.59. The van der Waals surface area contributed by atoms with Gasteiger partial charge in [-0.3, -0.25) is 4.79 Å². The molecule has 0 heterocycles. The summed E-state index contributed by atoms with van der Waals surface area (Å²) < 4.78 is 5.16. The van der Waals surface area contributed by atoms with Crippen molar-refractivity contribution >= 4 is 11.6 Å². The third kappa shape index (κ3) is 3.97. The number of nitriles is 1. The van der Waals surface area contributed by atoms with Crippen molar-refractivity contribution in [1.82, 2.24) is 5.32 Å². The molecule has 1 aromatic carbocycles. The molecule has 2 rings (SSSR count). The number of nitrogens with zero attached hydrogens (tertiary/aromatic N) is 1. The average Bonchev–Trinajstić information content (AvgIpc) is 3.23. The molecular formula is C14H17N3O2. The Morgan fingerprint density at radius 2 is 2.32 bits per heavy atom. The minimum absolute atomic E-state index is 0.0591. The quantitative estimate of drug-likeness (QED) is 0.814. The van der Waals surface area contributed by atoms with Gasteiger partial charge in [0.1, 0.15) is 5.75 Å². The Hall–Kier alpha value is -2.06. The molecule has 0 radical (unpaired) electrons. The number of anilines is 1. The lowest BCUT2D eigenvalue weighted by Gasteiger charge is -2.10. The minimum Gasteiger partial charge on any atom is -0.495 e. The number of carbonyl (C=O) groups excluding carboxylic acids is 1. The molecule has 1 amide bonds. The number of hydrogen-bond donors (Lipinski definition) is 2. The number of nitrogens with one attached hydrogen (secondary N) is 2. The van der Waals surface area contributed by atoms with Gasteiger partial charge >= 0.3 is 0 Å². The number of ether oxygens (including phenoxy) is 1. The average molecular weight is 259 g/mol. The summed E-state index contributed by atoms with van der Waals surface area (Å²) in [7, 11) is 1.51. The Bertz CT molecular complexity index is 504. The van der Waals surface area contributed by atoms with Gasteiger partial charge in [-0.15, -0.1) is 0 Å². The predicted molar refractivity (Wildman–Crippen MR) is 72.0 cm³/mol. The molecule has 0 spiro atoms. The molecule has 1 saturated carbocycles. The van der Waals surface area contributed by atoms with Gasteiger partial charge in [0.15, 0.2) is 0 Å². The van der Waals surface area contributed by atoms with E-state index >= 15 is 0 Å². The van der Waals surface area contributed by atoms with Crippen LogP contribution in [-0.4, -0.2) is 25.6 Å². The molecule has 0 saturated heterocycles. The van der Waals surface area contributed by atoms with Crippen LogP contribution in [0.2, 0.25) is 0 Å². The van der Waals surface area contributed by atoms with Crippen LogP contribution in [0, 0.1) is 11.3 Å². The fraction of sp³-hybridized carbons (Fsp3) is 0.429. The summed E-state index contributed by atoms with van der Waals surface area (Å²) in [6.45, 7) is 0.690. The molecule has 5 nitrogen and oxygen atoms in total. The zero-order valence-corrected chi connectivity index (χ0v) is 10.9. The van der Waals surface area contributed by atoms with Crippen LogP contribution in [0.25, 0.3) is 0 Å². The topological polar surface area (TPSA) is 74.1 Å². The van der Waals surface area contributed by atoms with Crippen molar-refractivity contribution in [3.63, 3.8) is 0 Å². The number of methoxy groups -OCH3 is 1. The van der Waals surface area contributed by atoms with Crippen molar-refractivity contribution in [2.24, 2.45) is 0 Å². The molecule has 0 aromatic heterocycles. The molecule has 0 atom stereocenters. The second kappa shape index (κ2) is 6.21. The van der Waals surface area contributed by atoms with Crippen LogP contribution in [0.15, 0.2) is 18.2 Å². The molecule has 0 unspecified atom stereocenters. The Morgan fingerprint density at radius 3 is 2.95 bits per heavy atom. The van der Waals surface area contributed by atoms with E-state index in [1.54, 1.807) is 18.2 Å². The third-order valence-corrected chi connectivity index (χ3v) is 2.97. The lowest BCUT2D eigenvalue weighted by atomic mass is 10.2. The van der Waals surface area contributed by atoms with Gasteiger partial charge in [-0.05, 0) is 25.0 Å². The number of carbonyl (C=O) groups is 1. The summed E-state index contributed by atoms with van der Waals surface area (Å²) in [5.41, 5.74) is 1.10. The first-order valence-electron chi connectivity index (χ1n) is 6.34. The fourth-order valence-electron chi connectivity index (χ4n) is 1.75. The fourth-order valence-corrected chi connectivity index (χ4v) is 1.75. The van der Waals surface area contributed by atoms with E-state index in [4.69, 9.17) is 10.00 Å². The molecule has 19 heavy (non-hydrogen) atoms. The van der Waals surface area contributed by atoms with Gasteiger partial charge in [-0.25, -0.2) is 0 Å². The van der Waals surface area contributed by atoms with Crippen LogP contribution in [0.4, 0.5) is 5.69 Å². The first kappa shape index (κ1) is 13.4. The standard InChI is InChI=1S/C14H17N3O2/c1-19-13-8-10(9-15)2-5-12(13)17-14(18)6-7-16-11-3-4-11/h2,5,8,11,16H,3-4,6-7H2,1H3,(H,17,18). The number of amides is 1. The van der Waals surface area contributed by atoms with Crippen LogP contribution in [0.5, 0.6) is 5.75 Å². The number of benzene rings is 1. The Balaban J connectivity index is 1.89. The van der Waals surface area contributed by atoms with E-state index in [-0.39, 0.29) is 5.91 Å². The summed E-state index contributed by atoms with van der Waals surface area (Å²) >= 11 is 0. The van der Waals surface area contributed by atoms with E-state index < -0.39 is 0 Å². The molecule has 1 aliphatic rings.